The number of methoxy groups -OCH3 is 1. The highest BCUT2D eigenvalue weighted by Crippen LogP contribution is 2.49. The molecule has 0 N–H and O–H groups in total. The van der Waals surface area contributed by atoms with Crippen LogP contribution in [0.15, 0.2) is 30.3 Å². The Morgan fingerprint density at radius 3 is 2.34 bits per heavy atom. The summed E-state index contributed by atoms with van der Waals surface area (Å²) in [5, 5.41) is 0. The zero-order valence-corrected chi connectivity index (χ0v) is 26.7. The first kappa shape index (κ1) is 30.2. The molecular formula is C33H40N4O6S. The van der Waals surface area contributed by atoms with Crippen LogP contribution in [0.25, 0.3) is 21.5 Å². The summed E-state index contributed by atoms with van der Waals surface area (Å²) in [7, 11) is 1.38. The fourth-order valence-corrected chi connectivity index (χ4v) is 7.92. The third-order valence-electron chi connectivity index (χ3n) is 8.79. The number of fused-ring (bicyclic) bond motifs is 5. The van der Waals surface area contributed by atoms with Gasteiger partial charge in [0.15, 0.2) is 0 Å². The first-order valence-corrected chi connectivity index (χ1v) is 16.3. The second-order valence-electron chi connectivity index (χ2n) is 12.8. The average molecular weight is 621 g/mol. The van der Waals surface area contributed by atoms with E-state index in [1.807, 2.05) is 55.7 Å². The van der Waals surface area contributed by atoms with Gasteiger partial charge < -0.3 is 28.7 Å². The molecule has 1 aliphatic carbocycles. The molecular weight excluding hydrogens is 580 g/mol. The summed E-state index contributed by atoms with van der Waals surface area (Å²) < 4.78 is 13.6. The molecule has 4 heterocycles. The van der Waals surface area contributed by atoms with Crippen molar-refractivity contribution in [1.82, 2.24) is 14.4 Å². The molecule has 0 radical (unpaired) electrons. The Hall–Kier alpha value is -3.86. The van der Waals surface area contributed by atoms with Gasteiger partial charge in [-0.15, -0.1) is 11.3 Å². The van der Waals surface area contributed by atoms with Crippen molar-refractivity contribution in [2.45, 2.75) is 70.9 Å². The second kappa shape index (κ2) is 11.9. The van der Waals surface area contributed by atoms with Gasteiger partial charge in [-0.2, -0.15) is 0 Å². The predicted molar refractivity (Wildman–Crippen MR) is 169 cm³/mol. The molecule has 3 aromatic rings. The number of rotatable bonds is 4. The van der Waals surface area contributed by atoms with Crippen LogP contribution in [0.2, 0.25) is 0 Å². The van der Waals surface area contributed by atoms with Crippen LogP contribution in [0.5, 0.6) is 0 Å². The number of hydrogen-bond donors (Lipinski definition) is 0. The van der Waals surface area contributed by atoms with E-state index in [0.717, 1.165) is 47.2 Å². The number of hydrogen-bond acceptors (Lipinski definition) is 7. The third kappa shape index (κ3) is 5.69. The fraction of sp³-hybridized carbons (Fsp3) is 0.515. The quantitative estimate of drug-likeness (QED) is 0.351. The van der Waals surface area contributed by atoms with Gasteiger partial charge in [0, 0.05) is 31.7 Å². The summed E-state index contributed by atoms with van der Waals surface area (Å²) in [5.41, 5.74) is 4.12. The summed E-state index contributed by atoms with van der Waals surface area (Å²) >= 11 is 1.44. The third-order valence-corrected chi connectivity index (χ3v) is 9.93. The topological polar surface area (TPSA) is 101 Å². The maximum Gasteiger partial charge on any atom is 0.410 e. The molecule has 10 nitrogen and oxygen atoms in total. The molecule has 11 heteroatoms. The lowest BCUT2D eigenvalue weighted by Gasteiger charge is -2.36. The van der Waals surface area contributed by atoms with Crippen LogP contribution < -0.4 is 4.90 Å². The Morgan fingerprint density at radius 1 is 0.977 bits per heavy atom. The number of ether oxygens (including phenoxy) is 2. The number of para-hydroxylation sites is 1. The maximum absolute atomic E-state index is 14.0. The van der Waals surface area contributed by atoms with E-state index in [9.17, 15) is 19.2 Å². The number of amides is 3. The molecule has 2 fully saturated rings. The van der Waals surface area contributed by atoms with Gasteiger partial charge in [-0.25, -0.2) is 9.59 Å². The minimum atomic E-state index is -0.587. The molecule has 6 rings (SSSR count). The smallest absolute Gasteiger partial charge is 0.410 e. The summed E-state index contributed by atoms with van der Waals surface area (Å²) in [6, 6.07) is 9.68. The van der Waals surface area contributed by atoms with Crippen LogP contribution >= 0.6 is 11.3 Å². The van der Waals surface area contributed by atoms with Gasteiger partial charge in [0.05, 0.1) is 28.7 Å². The number of carbonyl (C=O) groups is 4. The van der Waals surface area contributed by atoms with E-state index in [1.165, 1.54) is 30.4 Å². The number of thiophene rings is 1. The first-order valence-electron chi connectivity index (χ1n) is 15.5. The second-order valence-corrected chi connectivity index (χ2v) is 13.9. The van der Waals surface area contributed by atoms with Crippen molar-refractivity contribution in [3.8, 4) is 11.3 Å². The largest absolute Gasteiger partial charge is 0.465 e. The number of piperazine rings is 1. The van der Waals surface area contributed by atoms with Crippen LogP contribution in [-0.2, 0) is 25.6 Å². The number of aromatic nitrogens is 1. The van der Waals surface area contributed by atoms with Crippen LogP contribution in [0, 0.1) is 0 Å². The molecule has 0 unspecified atom stereocenters. The normalized spacial score (nSPS) is 17.7. The molecule has 1 saturated carbocycles. The van der Waals surface area contributed by atoms with Crippen LogP contribution in [0.3, 0.4) is 0 Å². The van der Waals surface area contributed by atoms with Gasteiger partial charge in [-0.05, 0) is 57.2 Å². The number of benzene rings is 1. The highest BCUT2D eigenvalue weighted by Gasteiger charge is 2.36. The van der Waals surface area contributed by atoms with Gasteiger partial charge >= 0.3 is 12.1 Å². The molecule has 1 saturated heterocycles. The van der Waals surface area contributed by atoms with Crippen LogP contribution in [-0.4, -0.2) is 83.7 Å². The van der Waals surface area contributed by atoms with E-state index in [1.54, 1.807) is 14.7 Å². The van der Waals surface area contributed by atoms with E-state index in [2.05, 4.69) is 0 Å². The van der Waals surface area contributed by atoms with Gasteiger partial charge in [0.2, 0.25) is 11.8 Å². The molecule has 3 aliphatic rings. The summed E-state index contributed by atoms with van der Waals surface area (Å²) in [6.07, 6.45) is 5.25. The lowest BCUT2D eigenvalue weighted by Crippen LogP contribution is -2.54. The lowest BCUT2D eigenvalue weighted by atomic mass is 9.83. The van der Waals surface area contributed by atoms with E-state index in [4.69, 9.17) is 9.47 Å². The SMILES string of the molecule is COC(=O)c1cc2c(s1)c(C1CCCCC1)c1n2CC(=O)N(CC(=O)N2CCN(C(=O)OC(C)(C)C)CC2)c2ccccc2-1. The van der Waals surface area contributed by atoms with Crippen molar-refractivity contribution in [2.75, 3.05) is 44.7 Å². The van der Waals surface area contributed by atoms with E-state index < -0.39 is 5.60 Å². The molecule has 0 spiro atoms. The Kier molecular flexibility index (Phi) is 8.17. The van der Waals surface area contributed by atoms with Crippen LogP contribution in [0.1, 0.15) is 74.0 Å². The monoisotopic (exact) mass is 620 g/mol. The summed E-state index contributed by atoms with van der Waals surface area (Å²) in [5.74, 6) is -0.404. The highest BCUT2D eigenvalue weighted by molar-refractivity contribution is 7.21. The van der Waals surface area contributed by atoms with Crippen molar-refractivity contribution in [3.05, 3.63) is 40.8 Å². The minimum absolute atomic E-state index is 0.0598. The zero-order chi connectivity index (χ0) is 31.2. The molecule has 2 aromatic heterocycles. The average Bonchev–Trinajstić information content (AvgIpc) is 3.53. The maximum atomic E-state index is 14.0. The first-order chi connectivity index (χ1) is 21.1. The molecule has 44 heavy (non-hydrogen) atoms. The molecule has 0 bridgehead atoms. The number of anilines is 1. The minimum Gasteiger partial charge on any atom is -0.465 e. The van der Waals surface area contributed by atoms with Crippen molar-refractivity contribution in [2.24, 2.45) is 0 Å². The Labute approximate surface area is 261 Å². The lowest BCUT2D eigenvalue weighted by molar-refractivity contribution is -0.133. The van der Waals surface area contributed by atoms with Crippen molar-refractivity contribution >= 4 is 51.1 Å². The Balaban J connectivity index is 1.31. The zero-order valence-electron chi connectivity index (χ0n) is 25.9. The number of nitrogens with zero attached hydrogens (tertiary/aromatic N) is 4. The van der Waals surface area contributed by atoms with E-state index >= 15 is 0 Å². The molecule has 2 aliphatic heterocycles. The summed E-state index contributed by atoms with van der Waals surface area (Å²) in [6.45, 7) is 6.96. The highest BCUT2D eigenvalue weighted by atomic mass is 32.1. The standard InChI is InChI=1S/C33H40N4O6S/c1-33(2,3)43-32(41)35-16-14-34(15-17-35)26(38)19-36-23-13-9-8-12-22(23)29-28(21-10-6-5-7-11-21)30-24(37(29)20-27(36)39)18-25(44-30)31(40)42-4/h8-9,12-13,18,21H,5-7,10-11,14-17,19-20H2,1-4H3. The number of carbonyl (C=O) groups excluding carboxylic acids is 4. The van der Waals surface area contributed by atoms with Crippen molar-refractivity contribution < 1.29 is 28.7 Å². The van der Waals surface area contributed by atoms with Crippen molar-refractivity contribution in [3.63, 3.8) is 0 Å². The molecule has 234 valence electrons. The van der Waals surface area contributed by atoms with E-state index in [-0.39, 0.29) is 37.0 Å². The van der Waals surface area contributed by atoms with Gasteiger partial charge in [0.1, 0.15) is 23.6 Å². The Morgan fingerprint density at radius 2 is 1.66 bits per heavy atom. The Bertz CT molecular complexity index is 1600. The van der Waals surface area contributed by atoms with Gasteiger partial charge in [-0.1, -0.05) is 37.5 Å². The molecule has 1 aromatic carbocycles. The number of esters is 1. The van der Waals surface area contributed by atoms with Crippen LogP contribution in [0.4, 0.5) is 10.5 Å². The van der Waals surface area contributed by atoms with Gasteiger partial charge in [-0.3, -0.25) is 9.59 Å². The predicted octanol–water partition coefficient (Wildman–Crippen LogP) is 5.63. The fourth-order valence-electron chi connectivity index (χ4n) is 6.71. The van der Waals surface area contributed by atoms with Crippen molar-refractivity contribution in [1.29, 1.82) is 0 Å². The molecule has 3 amide bonds. The molecule has 0 atom stereocenters. The van der Waals surface area contributed by atoms with E-state index in [0.29, 0.717) is 42.7 Å². The summed E-state index contributed by atoms with van der Waals surface area (Å²) in [4.78, 5) is 58.2. The van der Waals surface area contributed by atoms with Gasteiger partial charge in [0.25, 0.3) is 0 Å².